The van der Waals surface area contributed by atoms with Crippen LogP contribution in [0.5, 0.6) is 0 Å². The van der Waals surface area contributed by atoms with Crippen LogP contribution in [0.4, 0.5) is 0 Å². The molecule has 3 unspecified atom stereocenters. The van der Waals surface area contributed by atoms with E-state index in [1.54, 1.807) is 0 Å². The van der Waals surface area contributed by atoms with Crippen molar-refractivity contribution in [1.29, 1.82) is 0 Å². The van der Waals surface area contributed by atoms with Crippen molar-refractivity contribution in [1.82, 2.24) is 4.90 Å². The summed E-state index contributed by atoms with van der Waals surface area (Å²) in [7, 11) is 0. The number of hydrogen-bond acceptors (Lipinski definition) is 3. The zero-order valence-corrected chi connectivity index (χ0v) is 11.7. The molecule has 3 atom stereocenters. The summed E-state index contributed by atoms with van der Waals surface area (Å²) < 4.78 is 5.80. The maximum Gasteiger partial charge on any atom is 0.0721 e. The Kier molecular flexibility index (Phi) is 3.87. The number of likely N-dealkylation sites (tertiary alicyclic amines) is 1. The number of nitrogens with two attached hydrogens (primary N) is 1. The van der Waals surface area contributed by atoms with Crippen molar-refractivity contribution < 1.29 is 4.74 Å². The molecule has 2 aliphatic rings. The maximum atomic E-state index is 6.00. The van der Waals surface area contributed by atoms with E-state index < -0.39 is 0 Å². The lowest BCUT2D eigenvalue weighted by molar-refractivity contribution is -0.00490. The molecule has 104 valence electrons. The number of hydrogen-bond donors (Lipinski definition) is 1. The Morgan fingerprint density at radius 3 is 3.05 bits per heavy atom. The van der Waals surface area contributed by atoms with Crippen LogP contribution in [0.3, 0.4) is 0 Å². The molecule has 0 aromatic heterocycles. The van der Waals surface area contributed by atoms with Crippen LogP contribution in [0.2, 0.25) is 0 Å². The van der Waals surface area contributed by atoms with Gasteiger partial charge in [0.1, 0.15) is 0 Å². The van der Waals surface area contributed by atoms with Gasteiger partial charge in [-0.05, 0) is 36.4 Å². The quantitative estimate of drug-likeness (QED) is 0.887. The van der Waals surface area contributed by atoms with Gasteiger partial charge in [0.05, 0.1) is 19.3 Å². The van der Waals surface area contributed by atoms with E-state index in [0.29, 0.717) is 12.1 Å². The minimum atomic E-state index is 0.394. The van der Waals surface area contributed by atoms with Gasteiger partial charge in [0, 0.05) is 12.6 Å². The second-order valence-electron chi connectivity index (χ2n) is 5.99. The van der Waals surface area contributed by atoms with Crippen molar-refractivity contribution in [2.45, 2.75) is 38.5 Å². The molecule has 0 radical (unpaired) electrons. The molecule has 2 aliphatic heterocycles. The molecule has 1 saturated heterocycles. The van der Waals surface area contributed by atoms with Gasteiger partial charge in [-0.1, -0.05) is 31.2 Å². The van der Waals surface area contributed by atoms with Gasteiger partial charge in [-0.3, -0.25) is 4.90 Å². The smallest absolute Gasteiger partial charge is 0.0721 e. The van der Waals surface area contributed by atoms with Gasteiger partial charge in [-0.25, -0.2) is 0 Å². The van der Waals surface area contributed by atoms with Gasteiger partial charge in [0.15, 0.2) is 0 Å². The summed E-state index contributed by atoms with van der Waals surface area (Å²) >= 11 is 0. The fourth-order valence-corrected chi connectivity index (χ4v) is 3.55. The van der Waals surface area contributed by atoms with Crippen molar-refractivity contribution in [3.05, 3.63) is 35.4 Å². The van der Waals surface area contributed by atoms with Crippen LogP contribution in [0.15, 0.2) is 24.3 Å². The fourth-order valence-electron chi connectivity index (χ4n) is 3.55. The van der Waals surface area contributed by atoms with Gasteiger partial charge in [0.2, 0.25) is 0 Å². The van der Waals surface area contributed by atoms with Crippen molar-refractivity contribution in [2.75, 3.05) is 19.7 Å². The van der Waals surface area contributed by atoms with Crippen LogP contribution < -0.4 is 5.73 Å². The highest BCUT2D eigenvalue weighted by Gasteiger charge is 2.33. The Labute approximate surface area is 115 Å². The molecule has 1 aromatic carbocycles. The average molecular weight is 260 g/mol. The minimum Gasteiger partial charge on any atom is -0.375 e. The van der Waals surface area contributed by atoms with Gasteiger partial charge < -0.3 is 10.5 Å². The molecule has 19 heavy (non-hydrogen) atoms. The van der Waals surface area contributed by atoms with E-state index in [4.69, 9.17) is 10.5 Å². The number of piperidine rings is 1. The van der Waals surface area contributed by atoms with E-state index in [2.05, 4.69) is 36.1 Å². The Morgan fingerprint density at radius 2 is 2.21 bits per heavy atom. The molecule has 1 fully saturated rings. The SMILES string of the molecule is CC1CCN(C2COCc3ccccc32)C(CN)C1. The van der Waals surface area contributed by atoms with E-state index in [-0.39, 0.29) is 0 Å². The van der Waals surface area contributed by atoms with Crippen LogP contribution in [0, 0.1) is 5.92 Å². The van der Waals surface area contributed by atoms with E-state index in [0.717, 1.165) is 32.2 Å². The van der Waals surface area contributed by atoms with Crippen molar-refractivity contribution in [3.63, 3.8) is 0 Å². The van der Waals surface area contributed by atoms with Gasteiger partial charge in [0.25, 0.3) is 0 Å². The van der Waals surface area contributed by atoms with Crippen molar-refractivity contribution in [2.24, 2.45) is 11.7 Å². The van der Waals surface area contributed by atoms with Gasteiger partial charge >= 0.3 is 0 Å². The van der Waals surface area contributed by atoms with Gasteiger partial charge in [-0.15, -0.1) is 0 Å². The highest BCUT2D eigenvalue weighted by Crippen LogP contribution is 2.34. The van der Waals surface area contributed by atoms with E-state index in [1.165, 1.54) is 24.0 Å². The van der Waals surface area contributed by atoms with Crippen molar-refractivity contribution >= 4 is 0 Å². The zero-order valence-electron chi connectivity index (χ0n) is 11.7. The molecule has 3 nitrogen and oxygen atoms in total. The molecule has 0 amide bonds. The highest BCUT2D eigenvalue weighted by molar-refractivity contribution is 5.31. The van der Waals surface area contributed by atoms with Crippen molar-refractivity contribution in [3.8, 4) is 0 Å². The summed E-state index contributed by atoms with van der Waals surface area (Å²) in [5.74, 6) is 0.796. The molecule has 1 aromatic rings. The third kappa shape index (κ3) is 2.55. The minimum absolute atomic E-state index is 0.394. The Hall–Kier alpha value is -0.900. The van der Waals surface area contributed by atoms with Crippen LogP contribution in [0.25, 0.3) is 0 Å². The first-order chi connectivity index (χ1) is 9.29. The molecule has 3 heteroatoms. The number of rotatable bonds is 2. The normalized spacial score (nSPS) is 32.0. The topological polar surface area (TPSA) is 38.5 Å². The summed E-state index contributed by atoms with van der Waals surface area (Å²) in [5.41, 5.74) is 8.79. The number of benzene rings is 1. The third-order valence-corrected chi connectivity index (χ3v) is 4.64. The lowest BCUT2D eigenvalue weighted by Gasteiger charge is -2.44. The van der Waals surface area contributed by atoms with Gasteiger partial charge in [-0.2, -0.15) is 0 Å². The summed E-state index contributed by atoms with van der Waals surface area (Å²) in [6, 6.07) is 9.58. The number of fused-ring (bicyclic) bond motifs is 1. The molecule has 3 rings (SSSR count). The lowest BCUT2D eigenvalue weighted by Crippen LogP contribution is -2.49. The molecule has 0 aliphatic carbocycles. The summed E-state index contributed by atoms with van der Waals surface area (Å²) in [5, 5.41) is 0. The average Bonchev–Trinajstić information content (AvgIpc) is 2.46. The third-order valence-electron chi connectivity index (χ3n) is 4.64. The highest BCUT2D eigenvalue weighted by atomic mass is 16.5. The van der Waals surface area contributed by atoms with Crippen LogP contribution in [0.1, 0.15) is 36.9 Å². The number of ether oxygens (including phenoxy) is 1. The second kappa shape index (κ2) is 5.61. The van der Waals surface area contributed by atoms with Crippen LogP contribution in [-0.2, 0) is 11.3 Å². The molecule has 2 N–H and O–H groups in total. The Balaban J connectivity index is 1.86. The molecule has 2 heterocycles. The maximum absolute atomic E-state index is 6.00. The predicted molar refractivity (Wildman–Crippen MR) is 76.8 cm³/mol. The zero-order chi connectivity index (χ0) is 13.2. The fraction of sp³-hybridized carbons (Fsp3) is 0.625. The second-order valence-corrected chi connectivity index (χ2v) is 5.99. The van der Waals surface area contributed by atoms with E-state index in [1.807, 2.05) is 0 Å². The molecule has 0 bridgehead atoms. The van der Waals surface area contributed by atoms with E-state index >= 15 is 0 Å². The molecule has 0 saturated carbocycles. The molecule has 0 spiro atoms. The van der Waals surface area contributed by atoms with Crippen LogP contribution >= 0.6 is 0 Å². The van der Waals surface area contributed by atoms with E-state index in [9.17, 15) is 0 Å². The predicted octanol–water partition coefficient (Wildman–Crippen LogP) is 2.32. The largest absolute Gasteiger partial charge is 0.375 e. The summed E-state index contributed by atoms with van der Waals surface area (Å²) in [6.45, 7) is 5.80. The lowest BCUT2D eigenvalue weighted by atomic mass is 9.88. The summed E-state index contributed by atoms with van der Waals surface area (Å²) in [6.07, 6.45) is 2.49. The molecular formula is C16H24N2O. The Bertz CT molecular complexity index is 435. The first kappa shape index (κ1) is 13.1. The van der Waals surface area contributed by atoms with Crippen LogP contribution in [-0.4, -0.2) is 30.6 Å². The summed E-state index contributed by atoms with van der Waals surface area (Å²) in [4.78, 5) is 2.58. The number of nitrogens with zero attached hydrogens (tertiary/aromatic N) is 1. The first-order valence-corrected chi connectivity index (χ1v) is 7.41. The Morgan fingerprint density at radius 1 is 1.37 bits per heavy atom. The monoisotopic (exact) mass is 260 g/mol. The standard InChI is InChI=1S/C16H24N2O/c1-12-6-7-18(14(8-12)9-17)16-11-19-10-13-4-2-3-5-15(13)16/h2-5,12,14,16H,6-11,17H2,1H3. The molecular weight excluding hydrogens is 236 g/mol. The first-order valence-electron chi connectivity index (χ1n) is 7.41.